The minimum atomic E-state index is -1.07. The number of carboxylic acid groups (broad SMARTS) is 1. The van der Waals surface area contributed by atoms with Crippen LogP contribution < -0.4 is 0 Å². The van der Waals surface area contributed by atoms with E-state index in [2.05, 4.69) is 0 Å². The summed E-state index contributed by atoms with van der Waals surface area (Å²) in [6.07, 6.45) is 1.22. The zero-order valence-electron chi connectivity index (χ0n) is 10.7. The molecular weight excluding hydrogens is 240 g/mol. The molecule has 0 radical (unpaired) electrons. The van der Waals surface area contributed by atoms with E-state index in [0.29, 0.717) is 0 Å². The van der Waals surface area contributed by atoms with E-state index in [1.807, 2.05) is 13.8 Å². The van der Waals surface area contributed by atoms with Gasteiger partial charge in [0, 0.05) is 5.57 Å². The van der Waals surface area contributed by atoms with Gasteiger partial charge in [0.15, 0.2) is 0 Å². The van der Waals surface area contributed by atoms with Crippen molar-refractivity contribution in [3.63, 3.8) is 0 Å². The highest BCUT2D eigenvalue weighted by atomic mass is 16.6. The van der Waals surface area contributed by atoms with Crippen LogP contribution >= 0.6 is 0 Å². The molecule has 2 N–H and O–H groups in total. The van der Waals surface area contributed by atoms with Crippen molar-refractivity contribution >= 4 is 11.9 Å². The quantitative estimate of drug-likeness (QED) is 0.358. The average Bonchev–Trinajstić information content (AvgIpc) is 2.26. The number of rotatable bonds is 9. The average molecular weight is 260 g/mol. The first-order valence-corrected chi connectivity index (χ1v) is 5.75. The third-order valence-electron chi connectivity index (χ3n) is 1.83. The largest absolute Gasteiger partial charge is 0.481 e. The van der Waals surface area contributed by atoms with Gasteiger partial charge in [-0.1, -0.05) is 19.9 Å². The van der Waals surface area contributed by atoms with E-state index in [-0.39, 0.29) is 44.3 Å². The van der Waals surface area contributed by atoms with Crippen LogP contribution in [0.15, 0.2) is 11.6 Å². The molecule has 18 heavy (non-hydrogen) atoms. The molecule has 0 aromatic heterocycles. The maximum Gasteiger partial charge on any atom is 0.334 e. The van der Waals surface area contributed by atoms with Crippen molar-refractivity contribution in [2.24, 2.45) is 5.92 Å². The van der Waals surface area contributed by atoms with Gasteiger partial charge >= 0.3 is 11.9 Å². The molecule has 0 bridgehead atoms. The Morgan fingerprint density at radius 1 is 1.22 bits per heavy atom. The van der Waals surface area contributed by atoms with Gasteiger partial charge in [-0.25, -0.2) is 4.79 Å². The molecule has 0 spiro atoms. The number of allylic oxidation sites excluding steroid dienone is 1. The molecule has 0 unspecified atom stereocenters. The summed E-state index contributed by atoms with van der Waals surface area (Å²) in [5, 5.41) is 17.1. The molecule has 0 aromatic rings. The monoisotopic (exact) mass is 260 g/mol. The van der Waals surface area contributed by atoms with Crippen LogP contribution in [0.3, 0.4) is 0 Å². The Hall–Kier alpha value is -1.40. The van der Waals surface area contributed by atoms with E-state index in [1.165, 1.54) is 0 Å². The zero-order chi connectivity index (χ0) is 14.0. The highest BCUT2D eigenvalue weighted by molar-refractivity contribution is 5.93. The fourth-order valence-corrected chi connectivity index (χ4v) is 1.22. The molecule has 0 atom stereocenters. The fraction of sp³-hybridized carbons (Fsp3) is 0.667. The summed E-state index contributed by atoms with van der Waals surface area (Å²) in [6.45, 7) is 3.99. The third-order valence-corrected chi connectivity index (χ3v) is 1.83. The van der Waals surface area contributed by atoms with E-state index < -0.39 is 11.9 Å². The maximum atomic E-state index is 11.6. The molecule has 0 aliphatic rings. The molecule has 0 saturated carbocycles. The molecule has 0 heterocycles. The number of hydrogen-bond donors (Lipinski definition) is 2. The molecule has 0 aliphatic carbocycles. The Labute approximate surface area is 106 Å². The predicted octanol–water partition coefficient (Wildman–Crippen LogP) is 0.596. The van der Waals surface area contributed by atoms with Crippen molar-refractivity contribution in [2.45, 2.75) is 20.3 Å². The van der Waals surface area contributed by atoms with Gasteiger partial charge in [-0.05, 0) is 5.92 Å². The van der Waals surface area contributed by atoms with Crippen LogP contribution in [0.5, 0.6) is 0 Å². The first-order chi connectivity index (χ1) is 8.47. The SMILES string of the molecule is CC(C)C=C(CC(=O)O)C(=O)OCCOCCO. The molecule has 6 heteroatoms. The Bertz CT molecular complexity index is 295. The van der Waals surface area contributed by atoms with E-state index in [4.69, 9.17) is 19.7 Å². The summed E-state index contributed by atoms with van der Waals surface area (Å²) in [7, 11) is 0. The minimum Gasteiger partial charge on any atom is -0.481 e. The highest BCUT2D eigenvalue weighted by Gasteiger charge is 2.15. The summed E-state index contributed by atoms with van der Waals surface area (Å²) in [4.78, 5) is 22.2. The minimum absolute atomic E-state index is 0.0356. The van der Waals surface area contributed by atoms with Crippen LogP contribution in [0.4, 0.5) is 0 Å². The van der Waals surface area contributed by atoms with Crippen molar-refractivity contribution in [1.29, 1.82) is 0 Å². The van der Waals surface area contributed by atoms with Gasteiger partial charge in [-0.3, -0.25) is 4.79 Å². The summed E-state index contributed by atoms with van der Waals surface area (Å²) < 4.78 is 9.79. The van der Waals surface area contributed by atoms with Crippen LogP contribution in [0, 0.1) is 5.92 Å². The second-order valence-corrected chi connectivity index (χ2v) is 3.98. The fourth-order valence-electron chi connectivity index (χ4n) is 1.22. The lowest BCUT2D eigenvalue weighted by Gasteiger charge is -2.08. The van der Waals surface area contributed by atoms with Crippen LogP contribution in [0.25, 0.3) is 0 Å². The number of carbonyl (C=O) groups excluding carboxylic acids is 1. The van der Waals surface area contributed by atoms with Gasteiger partial charge in [-0.15, -0.1) is 0 Å². The smallest absolute Gasteiger partial charge is 0.334 e. The highest BCUT2D eigenvalue weighted by Crippen LogP contribution is 2.09. The lowest BCUT2D eigenvalue weighted by Crippen LogP contribution is -2.16. The van der Waals surface area contributed by atoms with Crippen LogP contribution in [-0.4, -0.2) is 48.6 Å². The molecular formula is C12H20O6. The predicted molar refractivity (Wildman–Crippen MR) is 64.0 cm³/mol. The number of aliphatic hydroxyl groups is 1. The normalized spacial score (nSPS) is 11.7. The van der Waals surface area contributed by atoms with E-state index in [9.17, 15) is 9.59 Å². The molecule has 104 valence electrons. The second-order valence-electron chi connectivity index (χ2n) is 3.98. The van der Waals surface area contributed by atoms with Crippen molar-refractivity contribution < 1.29 is 29.3 Å². The number of esters is 1. The second kappa shape index (κ2) is 9.61. The first-order valence-electron chi connectivity index (χ1n) is 5.75. The topological polar surface area (TPSA) is 93.1 Å². The van der Waals surface area contributed by atoms with Gasteiger partial charge in [-0.2, -0.15) is 0 Å². The Morgan fingerprint density at radius 3 is 2.39 bits per heavy atom. The molecule has 0 rings (SSSR count). The van der Waals surface area contributed by atoms with Gasteiger partial charge in [0.25, 0.3) is 0 Å². The number of hydrogen-bond acceptors (Lipinski definition) is 5. The van der Waals surface area contributed by atoms with E-state index in [0.717, 1.165) is 0 Å². The van der Waals surface area contributed by atoms with Gasteiger partial charge in [0.2, 0.25) is 0 Å². The molecule has 0 amide bonds. The molecule has 0 aliphatic heterocycles. The number of aliphatic hydroxyl groups excluding tert-OH is 1. The lowest BCUT2D eigenvalue weighted by atomic mass is 10.1. The molecule has 0 saturated heterocycles. The number of ether oxygens (including phenoxy) is 2. The summed E-state index contributed by atoms with van der Waals surface area (Å²) in [5.74, 6) is -1.65. The Kier molecular flexibility index (Phi) is 8.86. The van der Waals surface area contributed by atoms with Crippen LogP contribution in [0.1, 0.15) is 20.3 Å². The number of aliphatic carboxylic acids is 1. The number of carboxylic acids is 1. The Morgan fingerprint density at radius 2 is 1.89 bits per heavy atom. The number of carbonyl (C=O) groups is 2. The Balaban J connectivity index is 4.18. The van der Waals surface area contributed by atoms with Gasteiger partial charge in [0.1, 0.15) is 6.61 Å². The van der Waals surface area contributed by atoms with E-state index in [1.54, 1.807) is 6.08 Å². The van der Waals surface area contributed by atoms with Crippen LogP contribution in [-0.2, 0) is 19.1 Å². The summed E-state index contributed by atoms with van der Waals surface area (Å²) in [6, 6.07) is 0. The van der Waals surface area contributed by atoms with Crippen molar-refractivity contribution in [3.05, 3.63) is 11.6 Å². The zero-order valence-corrected chi connectivity index (χ0v) is 10.7. The summed E-state index contributed by atoms with van der Waals surface area (Å²) in [5.41, 5.74) is 0.139. The van der Waals surface area contributed by atoms with E-state index >= 15 is 0 Å². The third kappa shape index (κ3) is 8.72. The summed E-state index contributed by atoms with van der Waals surface area (Å²) >= 11 is 0. The first kappa shape index (κ1) is 16.6. The lowest BCUT2D eigenvalue weighted by molar-refractivity contribution is -0.144. The maximum absolute atomic E-state index is 11.6. The standard InChI is InChI=1S/C12H20O6/c1-9(2)7-10(8-11(14)15)12(16)18-6-5-17-4-3-13/h7,9,13H,3-6,8H2,1-2H3,(H,14,15). The molecule has 6 nitrogen and oxygen atoms in total. The van der Waals surface area contributed by atoms with Gasteiger partial charge in [0.05, 0.1) is 26.2 Å². The molecule has 0 fully saturated rings. The van der Waals surface area contributed by atoms with Crippen molar-refractivity contribution in [1.82, 2.24) is 0 Å². The van der Waals surface area contributed by atoms with Crippen molar-refractivity contribution in [3.8, 4) is 0 Å². The van der Waals surface area contributed by atoms with Crippen molar-refractivity contribution in [2.75, 3.05) is 26.4 Å². The molecule has 0 aromatic carbocycles. The van der Waals surface area contributed by atoms with Crippen LogP contribution in [0.2, 0.25) is 0 Å². The van der Waals surface area contributed by atoms with Gasteiger partial charge < -0.3 is 19.7 Å².